The molecule has 6 heteroatoms. The zero-order valence-corrected chi connectivity index (χ0v) is 7.45. The highest BCUT2D eigenvalue weighted by atomic mass is 32.2. The second kappa shape index (κ2) is 2.39. The van der Waals surface area contributed by atoms with Crippen molar-refractivity contribution in [2.24, 2.45) is 17.6 Å². The Morgan fingerprint density at radius 3 is 2.69 bits per heavy atom. The topological polar surface area (TPSA) is 101 Å². The van der Waals surface area contributed by atoms with Gasteiger partial charge < -0.3 is 15.9 Å². The molecule has 0 bridgehead atoms. The van der Waals surface area contributed by atoms with E-state index in [4.69, 9.17) is 15.9 Å². The summed E-state index contributed by atoms with van der Waals surface area (Å²) < 4.78 is 0. The van der Waals surface area contributed by atoms with E-state index in [1.807, 2.05) is 0 Å². The molecule has 0 spiro atoms. The summed E-state index contributed by atoms with van der Waals surface area (Å²) in [6, 6.07) is 0. The smallest absolute Gasteiger partial charge is 0.324 e. The van der Waals surface area contributed by atoms with Crippen LogP contribution < -0.4 is 5.73 Å². The van der Waals surface area contributed by atoms with Gasteiger partial charge in [0.05, 0.1) is 5.92 Å². The summed E-state index contributed by atoms with van der Waals surface area (Å²) >= 11 is 1.36. The first-order valence-corrected chi connectivity index (χ1v) is 4.90. The SMILES string of the molecule is N[C@@]1([14C](=O)O)CS[C@H]2[C@H](C(=O)O)[C@H]21. The van der Waals surface area contributed by atoms with E-state index in [0.29, 0.717) is 5.75 Å². The zero-order chi connectivity index (χ0) is 9.80. The number of thioether (sulfide) groups is 1. The highest BCUT2D eigenvalue weighted by molar-refractivity contribution is 8.00. The van der Waals surface area contributed by atoms with Crippen LogP contribution in [0, 0.1) is 11.8 Å². The molecule has 0 radical (unpaired) electrons. The Hall–Kier alpha value is -0.750. The van der Waals surface area contributed by atoms with Crippen LogP contribution >= 0.6 is 11.8 Å². The van der Waals surface area contributed by atoms with E-state index < -0.39 is 23.4 Å². The molecule has 1 aliphatic heterocycles. The monoisotopic (exact) mass is 205 g/mol. The molecule has 1 saturated carbocycles. The van der Waals surface area contributed by atoms with E-state index in [2.05, 4.69) is 0 Å². The van der Waals surface area contributed by atoms with Crippen LogP contribution in [0.25, 0.3) is 0 Å². The van der Waals surface area contributed by atoms with Crippen LogP contribution in [0.3, 0.4) is 0 Å². The Balaban J connectivity index is 2.20. The Bertz CT molecular complexity index is 294. The van der Waals surface area contributed by atoms with Crippen molar-refractivity contribution in [3.8, 4) is 0 Å². The maximum Gasteiger partial charge on any atom is 0.324 e. The van der Waals surface area contributed by atoms with Crippen molar-refractivity contribution in [3.05, 3.63) is 0 Å². The Morgan fingerprint density at radius 1 is 1.69 bits per heavy atom. The van der Waals surface area contributed by atoms with Gasteiger partial charge in [-0.15, -0.1) is 0 Å². The summed E-state index contributed by atoms with van der Waals surface area (Å²) in [5, 5.41) is 17.5. The van der Waals surface area contributed by atoms with Gasteiger partial charge in [-0.3, -0.25) is 9.59 Å². The van der Waals surface area contributed by atoms with Crippen LogP contribution in [-0.2, 0) is 9.59 Å². The second-order valence-corrected chi connectivity index (χ2v) is 4.68. The fraction of sp³-hybridized carbons (Fsp3) is 0.714. The molecule has 4 N–H and O–H groups in total. The number of nitrogens with two attached hydrogens (primary N) is 1. The van der Waals surface area contributed by atoms with Crippen molar-refractivity contribution in [2.45, 2.75) is 10.8 Å². The number of rotatable bonds is 2. The third-order valence-electron chi connectivity index (χ3n) is 2.75. The maximum atomic E-state index is 10.8. The van der Waals surface area contributed by atoms with Gasteiger partial charge in [0.1, 0.15) is 5.54 Å². The van der Waals surface area contributed by atoms with Crippen molar-refractivity contribution < 1.29 is 19.8 Å². The first-order chi connectivity index (χ1) is 5.98. The number of carbonyl (C=O) groups is 2. The number of carboxylic acids is 2. The highest BCUT2D eigenvalue weighted by Gasteiger charge is 2.71. The molecule has 0 aromatic heterocycles. The average molecular weight is 205 g/mol. The number of hydrogen-bond donors (Lipinski definition) is 3. The number of aliphatic carboxylic acids is 2. The molecule has 2 rings (SSSR count). The molecule has 2 aliphatic rings. The normalized spacial score (nSPS) is 47.0. The molecular weight excluding hydrogens is 196 g/mol. The van der Waals surface area contributed by atoms with Gasteiger partial charge in [0.2, 0.25) is 0 Å². The van der Waals surface area contributed by atoms with E-state index in [-0.39, 0.29) is 11.2 Å². The first kappa shape index (κ1) is 8.83. The van der Waals surface area contributed by atoms with Gasteiger partial charge in [0, 0.05) is 16.9 Å². The summed E-state index contributed by atoms with van der Waals surface area (Å²) in [7, 11) is 0. The number of hydrogen-bond acceptors (Lipinski definition) is 4. The molecular formula is C7H9NO4S. The van der Waals surface area contributed by atoms with E-state index in [9.17, 15) is 9.59 Å². The maximum absolute atomic E-state index is 10.8. The van der Waals surface area contributed by atoms with Gasteiger partial charge in [0.25, 0.3) is 0 Å². The van der Waals surface area contributed by atoms with Gasteiger partial charge in [-0.1, -0.05) is 0 Å². The third-order valence-corrected chi connectivity index (χ3v) is 4.36. The van der Waals surface area contributed by atoms with Crippen molar-refractivity contribution in [1.82, 2.24) is 0 Å². The molecule has 1 heterocycles. The van der Waals surface area contributed by atoms with Gasteiger partial charge >= 0.3 is 11.9 Å². The van der Waals surface area contributed by atoms with Crippen molar-refractivity contribution in [3.63, 3.8) is 0 Å². The molecule has 0 aromatic rings. The molecule has 1 saturated heterocycles. The number of fused-ring (bicyclic) bond motifs is 1. The summed E-state index contributed by atoms with van der Waals surface area (Å²) in [5.74, 6) is -2.64. The fourth-order valence-corrected chi connectivity index (χ4v) is 3.74. The minimum Gasteiger partial charge on any atom is -0.481 e. The van der Waals surface area contributed by atoms with Gasteiger partial charge in [-0.25, -0.2) is 0 Å². The lowest BCUT2D eigenvalue weighted by molar-refractivity contribution is -0.144. The standard InChI is InChI=1S/C7H9NO4S/c8-7(6(11)12)1-13-4-2(3(4)7)5(9)10/h2-4H,1,8H2,(H,9,10)(H,11,12)/t2-,3-,4+,7+/m1/s1/i6+2. The lowest BCUT2D eigenvalue weighted by Crippen LogP contribution is -2.51. The molecule has 4 atom stereocenters. The Morgan fingerprint density at radius 2 is 2.31 bits per heavy atom. The molecule has 0 unspecified atom stereocenters. The molecule has 13 heavy (non-hydrogen) atoms. The molecule has 0 amide bonds. The Labute approximate surface area is 78.3 Å². The summed E-state index contributed by atoms with van der Waals surface area (Å²) in [5.41, 5.74) is 4.31. The van der Waals surface area contributed by atoms with E-state index >= 15 is 0 Å². The second-order valence-electron chi connectivity index (χ2n) is 3.51. The van der Waals surface area contributed by atoms with Crippen molar-refractivity contribution >= 4 is 23.7 Å². The predicted octanol–water partition coefficient (Wildman–Crippen LogP) is -0.786. The van der Waals surface area contributed by atoms with Gasteiger partial charge in [-0.05, 0) is 0 Å². The van der Waals surface area contributed by atoms with Crippen molar-refractivity contribution in [1.29, 1.82) is 0 Å². The summed E-state index contributed by atoms with van der Waals surface area (Å²) in [6.45, 7) is 0. The van der Waals surface area contributed by atoms with Crippen LogP contribution in [0.4, 0.5) is 0 Å². The largest absolute Gasteiger partial charge is 0.481 e. The quantitative estimate of drug-likeness (QED) is 0.546. The minimum atomic E-state index is -1.32. The van der Waals surface area contributed by atoms with E-state index in [1.165, 1.54) is 11.8 Å². The average Bonchev–Trinajstić information content (AvgIpc) is 2.66. The van der Waals surface area contributed by atoms with Crippen LogP contribution in [0.2, 0.25) is 0 Å². The molecule has 2 fully saturated rings. The van der Waals surface area contributed by atoms with E-state index in [1.54, 1.807) is 0 Å². The van der Waals surface area contributed by atoms with Gasteiger partial charge in [-0.2, -0.15) is 11.8 Å². The predicted molar refractivity (Wildman–Crippen MR) is 45.4 cm³/mol. The molecule has 1 aliphatic carbocycles. The Kier molecular flexibility index (Phi) is 1.62. The minimum absolute atomic E-state index is 0.0846. The molecule has 5 nitrogen and oxygen atoms in total. The summed E-state index contributed by atoms with van der Waals surface area (Å²) in [4.78, 5) is 21.4. The lowest BCUT2D eigenvalue weighted by atomic mass is 10.1. The van der Waals surface area contributed by atoms with Crippen LogP contribution in [0.15, 0.2) is 0 Å². The van der Waals surface area contributed by atoms with E-state index in [0.717, 1.165) is 0 Å². The number of carboxylic acid groups (broad SMARTS) is 2. The molecule has 72 valence electrons. The van der Waals surface area contributed by atoms with Crippen LogP contribution in [-0.4, -0.2) is 38.7 Å². The molecule has 0 aromatic carbocycles. The third kappa shape index (κ3) is 0.986. The van der Waals surface area contributed by atoms with Crippen LogP contribution in [0.5, 0.6) is 0 Å². The summed E-state index contributed by atoms with van der Waals surface area (Å²) in [6.07, 6.45) is 0. The van der Waals surface area contributed by atoms with Gasteiger partial charge in [0.15, 0.2) is 0 Å². The van der Waals surface area contributed by atoms with Crippen LogP contribution in [0.1, 0.15) is 0 Å². The zero-order valence-electron chi connectivity index (χ0n) is 6.64. The highest BCUT2D eigenvalue weighted by Crippen LogP contribution is 2.60. The first-order valence-electron chi connectivity index (χ1n) is 3.85. The fourth-order valence-electron chi connectivity index (χ4n) is 1.93. The lowest BCUT2D eigenvalue weighted by Gasteiger charge is -2.20. The van der Waals surface area contributed by atoms with Crippen molar-refractivity contribution in [2.75, 3.05) is 5.75 Å².